The van der Waals surface area contributed by atoms with E-state index < -0.39 is 0 Å². The van der Waals surface area contributed by atoms with Crippen molar-refractivity contribution < 1.29 is 9.47 Å². The molecule has 32 heavy (non-hydrogen) atoms. The Morgan fingerprint density at radius 3 is 2.31 bits per heavy atom. The molecular formula is C24H24ClN5O2. The Balaban J connectivity index is 1.63. The number of benzene rings is 2. The largest absolute Gasteiger partial charge is 0.497 e. The van der Waals surface area contributed by atoms with Gasteiger partial charge >= 0.3 is 0 Å². The predicted octanol–water partition coefficient (Wildman–Crippen LogP) is 4.67. The molecule has 2 aromatic heterocycles. The summed E-state index contributed by atoms with van der Waals surface area (Å²) in [4.78, 5) is 13.2. The molecule has 0 aliphatic carbocycles. The molecule has 0 saturated heterocycles. The summed E-state index contributed by atoms with van der Waals surface area (Å²) in [5.41, 5.74) is 9.81. The van der Waals surface area contributed by atoms with Crippen molar-refractivity contribution in [3.8, 4) is 11.5 Å². The smallest absolute Gasteiger partial charge is 0.224 e. The van der Waals surface area contributed by atoms with Crippen molar-refractivity contribution in [1.82, 2.24) is 15.0 Å². The summed E-state index contributed by atoms with van der Waals surface area (Å²) in [6.45, 7) is 0.505. The van der Waals surface area contributed by atoms with Gasteiger partial charge in [0.05, 0.1) is 19.6 Å². The van der Waals surface area contributed by atoms with Crippen molar-refractivity contribution in [2.45, 2.75) is 19.4 Å². The van der Waals surface area contributed by atoms with Crippen molar-refractivity contribution in [3.05, 3.63) is 76.4 Å². The van der Waals surface area contributed by atoms with Crippen LogP contribution in [0.1, 0.15) is 16.7 Å². The van der Waals surface area contributed by atoms with Crippen LogP contribution >= 0.6 is 11.6 Å². The minimum Gasteiger partial charge on any atom is -0.497 e. The molecule has 7 nitrogen and oxygen atoms in total. The number of nitrogens with zero attached hydrogens (tertiary/aromatic N) is 3. The number of anilines is 2. The van der Waals surface area contributed by atoms with E-state index in [4.69, 9.17) is 26.8 Å². The van der Waals surface area contributed by atoms with Gasteiger partial charge < -0.3 is 20.5 Å². The van der Waals surface area contributed by atoms with Crippen molar-refractivity contribution in [1.29, 1.82) is 0 Å². The summed E-state index contributed by atoms with van der Waals surface area (Å²) >= 11 is 6.01. The number of hydrogen-bond acceptors (Lipinski definition) is 7. The first kappa shape index (κ1) is 21.6. The number of rotatable bonds is 8. The lowest BCUT2D eigenvalue weighted by molar-refractivity contribution is 0.393. The van der Waals surface area contributed by atoms with Gasteiger partial charge in [0, 0.05) is 23.8 Å². The number of nitrogen functional groups attached to an aromatic ring is 1. The van der Waals surface area contributed by atoms with Gasteiger partial charge in [-0.05, 0) is 59.9 Å². The van der Waals surface area contributed by atoms with Crippen LogP contribution in [0.3, 0.4) is 0 Å². The lowest BCUT2D eigenvalue weighted by Crippen LogP contribution is -2.08. The summed E-state index contributed by atoms with van der Waals surface area (Å²) in [6.07, 6.45) is 3.41. The Bertz CT molecular complexity index is 1210. The highest BCUT2D eigenvalue weighted by Crippen LogP contribution is 2.27. The maximum Gasteiger partial charge on any atom is 0.224 e. The maximum absolute atomic E-state index is 6.01. The number of pyridine rings is 1. The van der Waals surface area contributed by atoms with Crippen LogP contribution in [0.25, 0.3) is 11.0 Å². The van der Waals surface area contributed by atoms with Crippen molar-refractivity contribution in [2.75, 3.05) is 25.3 Å². The van der Waals surface area contributed by atoms with Gasteiger partial charge in [-0.15, -0.1) is 0 Å². The second-order valence-electron chi connectivity index (χ2n) is 7.30. The zero-order valence-electron chi connectivity index (χ0n) is 17.9. The predicted molar refractivity (Wildman–Crippen MR) is 127 cm³/mol. The Labute approximate surface area is 191 Å². The molecule has 164 valence electrons. The van der Waals surface area contributed by atoms with Crippen molar-refractivity contribution >= 4 is 34.4 Å². The molecule has 4 aromatic rings. The number of hydrogen-bond donors (Lipinski definition) is 2. The van der Waals surface area contributed by atoms with E-state index in [1.165, 1.54) is 5.56 Å². The van der Waals surface area contributed by atoms with Crippen molar-refractivity contribution in [3.63, 3.8) is 0 Å². The van der Waals surface area contributed by atoms with Gasteiger partial charge in [-0.2, -0.15) is 9.97 Å². The molecule has 2 heterocycles. The lowest BCUT2D eigenvalue weighted by atomic mass is 10.0. The molecule has 0 radical (unpaired) electrons. The summed E-state index contributed by atoms with van der Waals surface area (Å²) in [5.74, 6) is 2.26. The zero-order chi connectivity index (χ0) is 22.5. The van der Waals surface area contributed by atoms with E-state index in [0.29, 0.717) is 18.0 Å². The second-order valence-corrected chi connectivity index (χ2v) is 7.74. The van der Waals surface area contributed by atoms with Gasteiger partial charge in [0.2, 0.25) is 5.95 Å². The van der Waals surface area contributed by atoms with Gasteiger partial charge in [0.1, 0.15) is 17.3 Å². The zero-order valence-corrected chi connectivity index (χ0v) is 18.7. The number of halogens is 1. The third kappa shape index (κ3) is 5.00. The topological polar surface area (TPSA) is 95.2 Å². The van der Waals surface area contributed by atoms with Crippen LogP contribution in [0.15, 0.2) is 54.7 Å². The minimum absolute atomic E-state index is 0.172. The first-order valence-electron chi connectivity index (χ1n) is 10.2. The Kier molecular flexibility index (Phi) is 6.56. The molecule has 0 amide bonds. The van der Waals surface area contributed by atoms with E-state index >= 15 is 0 Å². The van der Waals surface area contributed by atoms with Crippen LogP contribution in [-0.2, 0) is 19.4 Å². The van der Waals surface area contributed by atoms with Crippen LogP contribution in [0.2, 0.25) is 5.02 Å². The summed E-state index contributed by atoms with van der Waals surface area (Å²) in [7, 11) is 3.26. The molecule has 0 bridgehead atoms. The summed E-state index contributed by atoms with van der Waals surface area (Å²) in [5, 5.41) is 4.99. The molecule has 3 N–H and O–H groups in total. The quantitative estimate of drug-likeness (QED) is 0.403. The highest BCUT2D eigenvalue weighted by Gasteiger charge is 2.13. The van der Waals surface area contributed by atoms with Gasteiger partial charge in [0.25, 0.3) is 0 Å². The first-order valence-corrected chi connectivity index (χ1v) is 10.5. The van der Waals surface area contributed by atoms with Gasteiger partial charge in [-0.25, -0.2) is 4.98 Å². The van der Waals surface area contributed by atoms with Gasteiger partial charge in [-0.1, -0.05) is 23.7 Å². The monoisotopic (exact) mass is 449 g/mol. The molecule has 8 heteroatoms. The fraction of sp³-hybridized carbons (Fsp3) is 0.208. The van der Waals surface area contributed by atoms with E-state index in [9.17, 15) is 0 Å². The van der Waals surface area contributed by atoms with E-state index in [0.717, 1.165) is 45.9 Å². The molecular weight excluding hydrogens is 426 g/mol. The molecule has 0 atom stereocenters. The molecule has 2 aromatic carbocycles. The second kappa shape index (κ2) is 9.70. The SMILES string of the molecule is COc1cc(CNc2nc(N)nc3nccc(CCc4ccc(Cl)cc4)c23)cc(OC)c1. The van der Waals surface area contributed by atoms with Gasteiger partial charge in [-0.3, -0.25) is 0 Å². The van der Waals surface area contributed by atoms with E-state index in [1.807, 2.05) is 48.5 Å². The number of nitrogens with two attached hydrogens (primary N) is 1. The van der Waals surface area contributed by atoms with E-state index in [1.54, 1.807) is 20.4 Å². The van der Waals surface area contributed by atoms with Crippen LogP contribution in [0.4, 0.5) is 11.8 Å². The molecule has 0 aliphatic heterocycles. The Morgan fingerprint density at radius 1 is 0.906 bits per heavy atom. The van der Waals surface area contributed by atoms with Crippen molar-refractivity contribution in [2.24, 2.45) is 0 Å². The minimum atomic E-state index is 0.172. The van der Waals surface area contributed by atoms with Crippen LogP contribution in [-0.4, -0.2) is 29.2 Å². The fourth-order valence-corrected chi connectivity index (χ4v) is 3.68. The first-order chi connectivity index (χ1) is 15.6. The number of methoxy groups -OCH3 is 2. The van der Waals surface area contributed by atoms with Crippen LogP contribution < -0.4 is 20.5 Å². The lowest BCUT2D eigenvalue weighted by Gasteiger charge is -2.14. The van der Waals surface area contributed by atoms with Crippen LogP contribution in [0.5, 0.6) is 11.5 Å². The molecule has 0 saturated carbocycles. The highest BCUT2D eigenvalue weighted by molar-refractivity contribution is 6.30. The average Bonchev–Trinajstić information content (AvgIpc) is 2.81. The highest BCUT2D eigenvalue weighted by atomic mass is 35.5. The number of aryl methyl sites for hydroxylation is 2. The van der Waals surface area contributed by atoms with E-state index in [-0.39, 0.29) is 5.95 Å². The normalized spacial score (nSPS) is 10.8. The number of fused-ring (bicyclic) bond motifs is 1. The molecule has 0 fully saturated rings. The molecule has 4 rings (SSSR count). The fourth-order valence-electron chi connectivity index (χ4n) is 3.56. The average molecular weight is 450 g/mol. The Hall–Kier alpha value is -3.58. The number of aromatic nitrogens is 3. The van der Waals surface area contributed by atoms with E-state index in [2.05, 4.69) is 20.3 Å². The molecule has 0 spiro atoms. The summed E-state index contributed by atoms with van der Waals surface area (Å²) in [6, 6.07) is 15.6. The third-order valence-electron chi connectivity index (χ3n) is 5.17. The number of nitrogens with one attached hydrogen (secondary N) is 1. The Morgan fingerprint density at radius 2 is 1.62 bits per heavy atom. The standard InChI is InChI=1S/C24H24ClN5O2/c1-31-19-11-16(12-20(13-19)32-2)14-28-23-21-17(6-3-15-4-7-18(25)8-5-15)9-10-27-22(21)29-24(26)30-23/h4-5,7-13H,3,6,14H2,1-2H3,(H3,26,27,28,29,30). The third-order valence-corrected chi connectivity index (χ3v) is 5.42. The molecule has 0 aliphatic rings. The summed E-state index contributed by atoms with van der Waals surface area (Å²) < 4.78 is 10.7. The van der Waals surface area contributed by atoms with Gasteiger partial charge in [0.15, 0.2) is 5.65 Å². The molecule has 0 unspecified atom stereocenters. The maximum atomic E-state index is 6.01. The number of ether oxygens (including phenoxy) is 2. The van der Waals surface area contributed by atoms with Crippen LogP contribution in [0, 0.1) is 0 Å².